The third kappa shape index (κ3) is 7.91. The second-order valence-electron chi connectivity index (χ2n) is 4.94. The highest BCUT2D eigenvalue weighted by molar-refractivity contribution is 5.96. The molecule has 0 aromatic carbocycles. The van der Waals surface area contributed by atoms with Crippen LogP contribution in [0, 0.1) is 5.92 Å². The van der Waals surface area contributed by atoms with Gasteiger partial charge >= 0.3 is 5.97 Å². The van der Waals surface area contributed by atoms with E-state index in [9.17, 15) is 9.59 Å². The molecular formula is C13H25NO3. The Hall–Kier alpha value is -0.900. The van der Waals surface area contributed by atoms with Gasteiger partial charge in [-0.2, -0.15) is 0 Å². The molecule has 0 heterocycles. The molecule has 0 radical (unpaired) electrons. The number of hydrogen-bond acceptors (Lipinski definition) is 4. The lowest BCUT2D eigenvalue weighted by molar-refractivity contribution is -0.145. The zero-order valence-corrected chi connectivity index (χ0v) is 11.7. The topological polar surface area (TPSA) is 46.6 Å². The van der Waals surface area contributed by atoms with Gasteiger partial charge in [-0.25, -0.2) is 0 Å². The molecule has 4 heteroatoms. The summed E-state index contributed by atoms with van der Waals surface area (Å²) in [5.74, 6) is 0.0105. The second kappa shape index (κ2) is 8.23. The summed E-state index contributed by atoms with van der Waals surface area (Å²) in [6.45, 7) is 11.6. The number of rotatable bonds is 8. The molecule has 0 rings (SSSR count). The Morgan fingerprint density at radius 3 is 2.18 bits per heavy atom. The van der Waals surface area contributed by atoms with E-state index in [4.69, 9.17) is 4.74 Å². The van der Waals surface area contributed by atoms with Crippen molar-refractivity contribution in [3.8, 4) is 0 Å². The number of Topliss-reactive ketones (excluding diaryl/α,β-unsaturated/α-hetero) is 1. The first kappa shape index (κ1) is 16.1. The Kier molecular flexibility index (Phi) is 7.79. The van der Waals surface area contributed by atoms with Crippen LogP contribution < -0.4 is 0 Å². The zero-order valence-electron chi connectivity index (χ0n) is 11.7. The summed E-state index contributed by atoms with van der Waals surface area (Å²) in [5.41, 5.74) is 0. The maximum Gasteiger partial charge on any atom is 0.313 e. The summed E-state index contributed by atoms with van der Waals surface area (Å²) >= 11 is 0. The van der Waals surface area contributed by atoms with Crippen LogP contribution in [0.3, 0.4) is 0 Å². The monoisotopic (exact) mass is 243 g/mol. The van der Waals surface area contributed by atoms with Crippen LogP contribution >= 0.6 is 0 Å². The molecule has 0 saturated heterocycles. The summed E-state index contributed by atoms with van der Waals surface area (Å²) in [6, 6.07) is 0.309. The third-order valence-corrected chi connectivity index (χ3v) is 2.36. The van der Waals surface area contributed by atoms with Gasteiger partial charge in [-0.05, 0) is 26.7 Å². The number of ketones is 1. The predicted molar refractivity (Wildman–Crippen MR) is 67.8 cm³/mol. The minimum Gasteiger partial charge on any atom is -0.466 e. The van der Waals surface area contributed by atoms with Gasteiger partial charge in [0, 0.05) is 12.6 Å². The fraction of sp³-hybridized carbons (Fsp3) is 0.846. The summed E-state index contributed by atoms with van der Waals surface area (Å²) < 4.78 is 4.76. The second-order valence-corrected chi connectivity index (χ2v) is 4.94. The van der Waals surface area contributed by atoms with Gasteiger partial charge in [-0.15, -0.1) is 0 Å². The largest absolute Gasteiger partial charge is 0.466 e. The Morgan fingerprint density at radius 1 is 1.18 bits per heavy atom. The van der Waals surface area contributed by atoms with Crippen LogP contribution in [0.25, 0.3) is 0 Å². The zero-order chi connectivity index (χ0) is 13.4. The maximum absolute atomic E-state index is 11.7. The lowest BCUT2D eigenvalue weighted by atomic mass is 10.1. The van der Waals surface area contributed by atoms with Crippen molar-refractivity contribution >= 4 is 11.8 Å². The molecule has 0 bridgehead atoms. The number of esters is 1. The molecule has 0 fully saturated rings. The van der Waals surface area contributed by atoms with Crippen LogP contribution in [0.15, 0.2) is 0 Å². The molecule has 0 saturated carbocycles. The SMILES string of the molecule is CCOC(=O)CC(=O)CN(CC(C)C)C(C)C. The van der Waals surface area contributed by atoms with Crippen LogP contribution in [0.4, 0.5) is 0 Å². The molecule has 0 atom stereocenters. The minimum absolute atomic E-state index is 0.0715. The van der Waals surface area contributed by atoms with Gasteiger partial charge in [0.15, 0.2) is 5.78 Å². The van der Waals surface area contributed by atoms with Crippen LogP contribution in [0.5, 0.6) is 0 Å². The van der Waals surface area contributed by atoms with E-state index >= 15 is 0 Å². The molecular weight excluding hydrogens is 218 g/mol. The number of carbonyl (C=O) groups excluding carboxylic acids is 2. The van der Waals surface area contributed by atoms with Gasteiger partial charge in [0.05, 0.1) is 13.2 Å². The van der Waals surface area contributed by atoms with E-state index in [0.717, 1.165) is 6.54 Å². The fourth-order valence-electron chi connectivity index (χ4n) is 1.58. The van der Waals surface area contributed by atoms with E-state index in [1.807, 2.05) is 0 Å². The normalized spacial score (nSPS) is 11.3. The maximum atomic E-state index is 11.7. The average Bonchev–Trinajstić information content (AvgIpc) is 2.15. The Morgan fingerprint density at radius 2 is 1.76 bits per heavy atom. The highest BCUT2D eigenvalue weighted by Gasteiger charge is 2.17. The molecule has 0 N–H and O–H groups in total. The smallest absolute Gasteiger partial charge is 0.313 e. The summed E-state index contributed by atoms with van der Waals surface area (Å²) in [5, 5.41) is 0. The highest BCUT2D eigenvalue weighted by atomic mass is 16.5. The van der Waals surface area contributed by atoms with Crippen molar-refractivity contribution in [1.82, 2.24) is 4.90 Å². The summed E-state index contributed by atoms with van der Waals surface area (Å²) in [6.07, 6.45) is -0.116. The van der Waals surface area contributed by atoms with Crippen molar-refractivity contribution in [3.05, 3.63) is 0 Å². The number of carbonyl (C=O) groups is 2. The number of hydrogen-bond donors (Lipinski definition) is 0. The molecule has 100 valence electrons. The average molecular weight is 243 g/mol. The van der Waals surface area contributed by atoms with Gasteiger partial charge in [0.25, 0.3) is 0 Å². The first-order chi connectivity index (χ1) is 7.86. The first-order valence-electron chi connectivity index (χ1n) is 6.28. The molecule has 0 amide bonds. The van der Waals surface area contributed by atoms with Crippen molar-refractivity contribution in [2.24, 2.45) is 5.92 Å². The molecule has 0 spiro atoms. The molecule has 0 aromatic rings. The van der Waals surface area contributed by atoms with Gasteiger partial charge in [0.1, 0.15) is 6.42 Å². The van der Waals surface area contributed by atoms with Crippen molar-refractivity contribution in [2.45, 2.75) is 47.1 Å². The minimum atomic E-state index is -0.425. The number of ether oxygens (including phenoxy) is 1. The Labute approximate surface area is 104 Å². The van der Waals surface area contributed by atoms with Gasteiger partial charge < -0.3 is 4.74 Å². The third-order valence-electron chi connectivity index (χ3n) is 2.36. The van der Waals surface area contributed by atoms with E-state index in [0.29, 0.717) is 25.1 Å². The lowest BCUT2D eigenvalue weighted by Crippen LogP contribution is -2.38. The molecule has 0 aliphatic rings. The summed E-state index contributed by atoms with van der Waals surface area (Å²) in [4.78, 5) is 24.9. The molecule has 4 nitrogen and oxygen atoms in total. The molecule has 17 heavy (non-hydrogen) atoms. The standard InChI is InChI=1S/C13H25NO3/c1-6-17-13(16)7-12(15)9-14(11(4)5)8-10(2)3/h10-11H,6-9H2,1-5H3. The van der Waals surface area contributed by atoms with Gasteiger partial charge in [0.2, 0.25) is 0 Å². The van der Waals surface area contributed by atoms with E-state index in [1.54, 1.807) is 6.92 Å². The van der Waals surface area contributed by atoms with E-state index in [2.05, 4.69) is 32.6 Å². The van der Waals surface area contributed by atoms with Crippen molar-refractivity contribution in [3.63, 3.8) is 0 Å². The van der Waals surface area contributed by atoms with Crippen LogP contribution in [0.2, 0.25) is 0 Å². The van der Waals surface area contributed by atoms with Gasteiger partial charge in [-0.1, -0.05) is 13.8 Å². The van der Waals surface area contributed by atoms with E-state index in [1.165, 1.54) is 0 Å². The van der Waals surface area contributed by atoms with Gasteiger partial charge in [-0.3, -0.25) is 14.5 Å². The quantitative estimate of drug-likeness (QED) is 0.482. The molecule has 0 aromatic heterocycles. The van der Waals surface area contributed by atoms with E-state index < -0.39 is 5.97 Å². The highest BCUT2D eigenvalue weighted by Crippen LogP contribution is 2.05. The first-order valence-corrected chi connectivity index (χ1v) is 6.28. The molecule has 0 unspecified atom stereocenters. The number of nitrogens with zero attached hydrogens (tertiary/aromatic N) is 1. The van der Waals surface area contributed by atoms with Crippen molar-refractivity contribution < 1.29 is 14.3 Å². The Bertz CT molecular complexity index is 249. The Balaban J connectivity index is 4.17. The van der Waals surface area contributed by atoms with Crippen molar-refractivity contribution in [2.75, 3.05) is 19.7 Å². The van der Waals surface area contributed by atoms with Crippen molar-refractivity contribution in [1.29, 1.82) is 0 Å². The molecule has 0 aliphatic carbocycles. The molecule has 0 aliphatic heterocycles. The van der Waals surface area contributed by atoms with E-state index in [-0.39, 0.29) is 12.2 Å². The van der Waals surface area contributed by atoms with Crippen LogP contribution in [-0.4, -0.2) is 42.4 Å². The van der Waals surface area contributed by atoms with Crippen LogP contribution in [-0.2, 0) is 14.3 Å². The van der Waals surface area contributed by atoms with Crippen LogP contribution in [0.1, 0.15) is 41.0 Å². The fourth-order valence-corrected chi connectivity index (χ4v) is 1.58. The predicted octanol–water partition coefficient (Wildman–Crippen LogP) is 1.88. The summed E-state index contributed by atoms with van der Waals surface area (Å²) in [7, 11) is 0. The lowest BCUT2D eigenvalue weighted by Gasteiger charge is -2.27.